The van der Waals surface area contributed by atoms with Crippen LogP contribution < -0.4 is 15.0 Å². The van der Waals surface area contributed by atoms with Crippen molar-refractivity contribution >= 4 is 44.0 Å². The molecule has 1 aliphatic heterocycles. The second-order valence-corrected chi connectivity index (χ2v) is 7.71. The molecular formula is C20H20N4O4S. The van der Waals surface area contributed by atoms with E-state index in [0.29, 0.717) is 12.3 Å². The van der Waals surface area contributed by atoms with Gasteiger partial charge in [0.2, 0.25) is 0 Å². The van der Waals surface area contributed by atoms with Crippen LogP contribution in [0.25, 0.3) is 10.2 Å². The SMILES string of the molecule is CCOc1ccc(C(=O)Nc2ccc3nc(N4CCCC4)sc3c2)cc1[N+](=O)[O-]. The molecule has 4 rings (SSSR count). The maximum Gasteiger partial charge on any atom is 0.311 e. The summed E-state index contributed by atoms with van der Waals surface area (Å²) in [6, 6.07) is 9.75. The van der Waals surface area contributed by atoms with E-state index in [1.54, 1.807) is 24.3 Å². The number of ether oxygens (including phenoxy) is 1. The number of fused-ring (bicyclic) bond motifs is 1. The first-order chi connectivity index (χ1) is 14.0. The minimum absolute atomic E-state index is 0.148. The zero-order valence-electron chi connectivity index (χ0n) is 15.9. The Morgan fingerprint density at radius 2 is 2.07 bits per heavy atom. The topological polar surface area (TPSA) is 97.6 Å². The van der Waals surface area contributed by atoms with Crippen LogP contribution in [0.4, 0.5) is 16.5 Å². The molecule has 3 aromatic rings. The average Bonchev–Trinajstić information content (AvgIpc) is 3.37. The highest BCUT2D eigenvalue weighted by molar-refractivity contribution is 7.22. The molecule has 1 saturated heterocycles. The van der Waals surface area contributed by atoms with Gasteiger partial charge in [0.15, 0.2) is 10.9 Å². The summed E-state index contributed by atoms with van der Waals surface area (Å²) in [6.07, 6.45) is 2.37. The Kier molecular flexibility index (Phi) is 5.30. The van der Waals surface area contributed by atoms with Gasteiger partial charge in [-0.1, -0.05) is 11.3 Å². The van der Waals surface area contributed by atoms with Gasteiger partial charge in [0.25, 0.3) is 5.91 Å². The number of nitrogens with one attached hydrogen (secondary N) is 1. The third kappa shape index (κ3) is 4.00. The highest BCUT2D eigenvalue weighted by atomic mass is 32.1. The summed E-state index contributed by atoms with van der Waals surface area (Å²) in [7, 11) is 0. The van der Waals surface area contributed by atoms with Gasteiger partial charge in [-0.05, 0) is 50.1 Å². The van der Waals surface area contributed by atoms with Crippen LogP contribution in [0.15, 0.2) is 36.4 Å². The van der Waals surface area contributed by atoms with E-state index >= 15 is 0 Å². The Morgan fingerprint density at radius 3 is 2.79 bits per heavy atom. The second-order valence-electron chi connectivity index (χ2n) is 6.70. The van der Waals surface area contributed by atoms with Crippen LogP contribution in [-0.2, 0) is 0 Å². The number of nitro groups is 1. The smallest absolute Gasteiger partial charge is 0.311 e. The number of anilines is 2. The van der Waals surface area contributed by atoms with E-state index in [-0.39, 0.29) is 17.0 Å². The maximum atomic E-state index is 12.6. The molecule has 2 heterocycles. The summed E-state index contributed by atoms with van der Waals surface area (Å²) >= 11 is 1.60. The molecule has 1 aromatic heterocycles. The number of carbonyl (C=O) groups excluding carboxylic acids is 1. The molecule has 2 aromatic carbocycles. The van der Waals surface area contributed by atoms with Gasteiger partial charge in [0.1, 0.15) is 0 Å². The fraction of sp³-hybridized carbons (Fsp3) is 0.300. The number of nitrogens with zero attached hydrogens (tertiary/aromatic N) is 3. The van der Waals surface area contributed by atoms with E-state index in [0.717, 1.165) is 28.4 Å². The van der Waals surface area contributed by atoms with Gasteiger partial charge in [-0.3, -0.25) is 14.9 Å². The van der Waals surface area contributed by atoms with Crippen LogP contribution in [0, 0.1) is 10.1 Å². The van der Waals surface area contributed by atoms with E-state index in [4.69, 9.17) is 4.74 Å². The van der Waals surface area contributed by atoms with Gasteiger partial charge in [0.05, 0.1) is 21.7 Å². The van der Waals surface area contributed by atoms with Crippen LogP contribution in [0.5, 0.6) is 5.75 Å². The summed E-state index contributed by atoms with van der Waals surface area (Å²) in [5.74, 6) is -0.269. The highest BCUT2D eigenvalue weighted by Crippen LogP contribution is 2.33. The Balaban J connectivity index is 1.55. The van der Waals surface area contributed by atoms with Crippen LogP contribution in [0.2, 0.25) is 0 Å². The molecule has 29 heavy (non-hydrogen) atoms. The van der Waals surface area contributed by atoms with Crippen molar-refractivity contribution in [2.24, 2.45) is 0 Å². The molecule has 0 spiro atoms. The minimum atomic E-state index is -0.551. The molecule has 0 aliphatic carbocycles. The van der Waals surface area contributed by atoms with Crippen molar-refractivity contribution in [1.29, 1.82) is 0 Å². The van der Waals surface area contributed by atoms with Gasteiger partial charge < -0.3 is 15.0 Å². The first kappa shape index (κ1) is 19.1. The van der Waals surface area contributed by atoms with Crippen molar-refractivity contribution in [1.82, 2.24) is 4.98 Å². The standard InChI is InChI=1S/C20H20N4O4S/c1-2-28-17-8-5-13(11-16(17)24(26)27)19(25)21-14-6-7-15-18(12-14)29-20(22-15)23-9-3-4-10-23/h5-8,11-12H,2-4,9-10H2,1H3,(H,21,25). The van der Waals surface area contributed by atoms with Crippen molar-refractivity contribution in [3.63, 3.8) is 0 Å². The fourth-order valence-corrected chi connectivity index (χ4v) is 4.37. The maximum absolute atomic E-state index is 12.6. The van der Waals surface area contributed by atoms with Crippen LogP contribution >= 0.6 is 11.3 Å². The van der Waals surface area contributed by atoms with Crippen molar-refractivity contribution in [3.8, 4) is 5.75 Å². The molecule has 8 nitrogen and oxygen atoms in total. The predicted octanol–water partition coefficient (Wildman–Crippen LogP) is 4.46. The molecular weight excluding hydrogens is 392 g/mol. The molecule has 1 N–H and O–H groups in total. The van der Waals surface area contributed by atoms with Crippen LogP contribution in [0.3, 0.4) is 0 Å². The quantitative estimate of drug-likeness (QED) is 0.474. The Morgan fingerprint density at radius 1 is 1.28 bits per heavy atom. The first-order valence-corrected chi connectivity index (χ1v) is 10.2. The molecule has 0 saturated carbocycles. The molecule has 1 amide bonds. The zero-order valence-corrected chi connectivity index (χ0v) is 16.7. The van der Waals surface area contributed by atoms with Gasteiger partial charge in [0, 0.05) is 30.4 Å². The lowest BCUT2D eigenvalue weighted by atomic mass is 10.1. The van der Waals surface area contributed by atoms with Crippen molar-refractivity contribution < 1.29 is 14.5 Å². The molecule has 1 aliphatic rings. The lowest BCUT2D eigenvalue weighted by Crippen LogP contribution is -2.16. The molecule has 0 atom stereocenters. The zero-order chi connectivity index (χ0) is 20.4. The van der Waals surface area contributed by atoms with E-state index in [1.807, 2.05) is 12.1 Å². The molecule has 1 fully saturated rings. The molecule has 0 radical (unpaired) electrons. The molecule has 0 unspecified atom stereocenters. The predicted molar refractivity (Wildman–Crippen MR) is 113 cm³/mol. The number of rotatable bonds is 6. The van der Waals surface area contributed by atoms with Gasteiger partial charge in [-0.25, -0.2) is 4.98 Å². The lowest BCUT2D eigenvalue weighted by Gasteiger charge is -2.11. The Bertz CT molecular complexity index is 1080. The highest BCUT2D eigenvalue weighted by Gasteiger charge is 2.19. The molecule has 0 bridgehead atoms. The third-order valence-corrected chi connectivity index (χ3v) is 5.81. The molecule has 150 valence electrons. The largest absolute Gasteiger partial charge is 0.487 e. The first-order valence-electron chi connectivity index (χ1n) is 9.43. The van der Waals surface area contributed by atoms with E-state index < -0.39 is 10.8 Å². The number of amides is 1. The van der Waals surface area contributed by atoms with Gasteiger partial charge in [-0.15, -0.1) is 0 Å². The third-order valence-electron chi connectivity index (χ3n) is 4.73. The normalized spacial score (nSPS) is 13.6. The minimum Gasteiger partial charge on any atom is -0.487 e. The number of hydrogen-bond donors (Lipinski definition) is 1. The van der Waals surface area contributed by atoms with Gasteiger partial charge in [-0.2, -0.15) is 0 Å². The van der Waals surface area contributed by atoms with Gasteiger partial charge >= 0.3 is 5.69 Å². The second kappa shape index (κ2) is 8.04. The Labute approximate surface area is 171 Å². The Hall–Kier alpha value is -3.20. The number of nitro benzene ring substituents is 1. The summed E-state index contributed by atoms with van der Waals surface area (Å²) < 4.78 is 6.25. The summed E-state index contributed by atoms with van der Waals surface area (Å²) in [5, 5.41) is 15.1. The van der Waals surface area contributed by atoms with Crippen molar-refractivity contribution in [2.45, 2.75) is 19.8 Å². The fourth-order valence-electron chi connectivity index (χ4n) is 3.32. The molecule has 9 heteroatoms. The summed E-state index contributed by atoms with van der Waals surface area (Å²) in [6.45, 7) is 4.11. The van der Waals surface area contributed by atoms with E-state index in [2.05, 4.69) is 15.2 Å². The van der Waals surface area contributed by atoms with Crippen molar-refractivity contribution in [2.75, 3.05) is 29.9 Å². The average molecular weight is 412 g/mol. The number of benzene rings is 2. The summed E-state index contributed by atoms with van der Waals surface area (Å²) in [5.41, 5.74) is 1.48. The number of aromatic nitrogens is 1. The number of carbonyl (C=O) groups is 1. The van der Waals surface area contributed by atoms with E-state index in [9.17, 15) is 14.9 Å². The van der Waals surface area contributed by atoms with Crippen LogP contribution in [0.1, 0.15) is 30.1 Å². The number of thiazole rings is 1. The summed E-state index contributed by atoms with van der Waals surface area (Å²) in [4.78, 5) is 30.3. The number of hydrogen-bond acceptors (Lipinski definition) is 7. The monoisotopic (exact) mass is 412 g/mol. The van der Waals surface area contributed by atoms with Crippen LogP contribution in [-0.4, -0.2) is 35.5 Å². The van der Waals surface area contributed by atoms with E-state index in [1.165, 1.54) is 31.0 Å². The van der Waals surface area contributed by atoms with Crippen molar-refractivity contribution in [3.05, 3.63) is 52.1 Å². The lowest BCUT2D eigenvalue weighted by molar-refractivity contribution is -0.385.